The van der Waals surface area contributed by atoms with Gasteiger partial charge in [0.1, 0.15) is 10.6 Å². The second kappa shape index (κ2) is 8.58. The number of halogens is 3. The van der Waals surface area contributed by atoms with Gasteiger partial charge in [0, 0.05) is 23.3 Å². The van der Waals surface area contributed by atoms with Crippen molar-refractivity contribution < 1.29 is 23.1 Å². The maximum atomic E-state index is 13.2. The number of hydrogen-bond acceptors (Lipinski definition) is 9. The number of hydrogen-bond donors (Lipinski definition) is 1. The van der Waals surface area contributed by atoms with E-state index in [0.717, 1.165) is 32.5 Å². The van der Waals surface area contributed by atoms with Crippen LogP contribution in [-0.2, 0) is 36.9 Å². The van der Waals surface area contributed by atoms with E-state index in [0.29, 0.717) is 28.9 Å². The zero-order valence-electron chi connectivity index (χ0n) is 17.8. The van der Waals surface area contributed by atoms with Gasteiger partial charge in [-0.05, 0) is 12.5 Å². The lowest BCUT2D eigenvalue weighted by molar-refractivity contribution is -0.147. The Bertz CT molecular complexity index is 1380. The Balaban J connectivity index is 1.56. The first-order valence-electron chi connectivity index (χ1n) is 10.4. The minimum atomic E-state index is -4.57. The molecule has 0 saturated carbocycles. The highest BCUT2D eigenvalue weighted by Crippen LogP contribution is 2.36. The molecule has 1 aliphatic rings. The molecule has 0 unspecified atom stereocenters. The van der Waals surface area contributed by atoms with Crippen molar-refractivity contribution in [3.05, 3.63) is 33.7 Å². The van der Waals surface area contributed by atoms with Crippen LogP contribution in [-0.4, -0.2) is 47.3 Å². The fraction of sp³-hybridized carbons (Fsp3) is 0.400. The summed E-state index contributed by atoms with van der Waals surface area (Å²) in [5, 5.41) is 19.1. The standard InChI is InChI=1S/C20H18F3N7O2S2/c1-2-3-11-7-12-16(29-4-5-30-13(8-29)27-28-19(30)20(21,22)23)25-15(26-17(12)34-11)18-24-10(9-33-18)6-14(31)32/h7,9H,2-6,8H2,1H3,(H,31,32). The van der Waals surface area contributed by atoms with E-state index >= 15 is 0 Å². The van der Waals surface area contributed by atoms with Crippen molar-refractivity contribution in [2.75, 3.05) is 11.4 Å². The van der Waals surface area contributed by atoms with Crippen LogP contribution in [0.3, 0.4) is 0 Å². The lowest BCUT2D eigenvalue weighted by Gasteiger charge is -2.29. The largest absolute Gasteiger partial charge is 0.481 e. The molecule has 0 spiro atoms. The molecule has 0 amide bonds. The number of aryl methyl sites for hydroxylation is 1. The zero-order chi connectivity index (χ0) is 24.0. The maximum absolute atomic E-state index is 13.2. The molecule has 1 aliphatic heterocycles. The molecular formula is C20H18F3N7O2S2. The van der Waals surface area contributed by atoms with Crippen LogP contribution < -0.4 is 4.90 Å². The van der Waals surface area contributed by atoms with Gasteiger partial charge in [0.2, 0.25) is 5.82 Å². The number of alkyl halides is 3. The molecule has 0 bridgehead atoms. The van der Waals surface area contributed by atoms with E-state index in [1.807, 2.05) is 11.0 Å². The van der Waals surface area contributed by atoms with E-state index in [9.17, 15) is 18.0 Å². The minimum Gasteiger partial charge on any atom is -0.481 e. The van der Waals surface area contributed by atoms with Crippen molar-refractivity contribution in [1.82, 2.24) is 29.7 Å². The molecule has 1 N–H and O–H groups in total. The fourth-order valence-corrected chi connectivity index (χ4v) is 5.73. The van der Waals surface area contributed by atoms with Crippen molar-refractivity contribution in [3.63, 3.8) is 0 Å². The Morgan fingerprint density at radius 3 is 2.76 bits per heavy atom. The summed E-state index contributed by atoms with van der Waals surface area (Å²) < 4.78 is 40.8. The normalized spacial score (nSPS) is 14.1. The van der Waals surface area contributed by atoms with Gasteiger partial charge in [-0.25, -0.2) is 15.0 Å². The van der Waals surface area contributed by atoms with Gasteiger partial charge in [0.05, 0.1) is 24.0 Å². The van der Waals surface area contributed by atoms with Crippen LogP contribution >= 0.6 is 22.7 Å². The van der Waals surface area contributed by atoms with Gasteiger partial charge < -0.3 is 14.6 Å². The lowest BCUT2D eigenvalue weighted by Crippen LogP contribution is -2.36. The number of thiazole rings is 1. The van der Waals surface area contributed by atoms with E-state index in [-0.39, 0.29) is 25.3 Å². The highest BCUT2D eigenvalue weighted by molar-refractivity contribution is 7.18. The molecule has 14 heteroatoms. The third-order valence-electron chi connectivity index (χ3n) is 5.30. The Morgan fingerprint density at radius 1 is 1.21 bits per heavy atom. The van der Waals surface area contributed by atoms with Gasteiger partial charge in [0.15, 0.2) is 16.7 Å². The molecule has 9 nitrogen and oxygen atoms in total. The molecule has 0 atom stereocenters. The van der Waals surface area contributed by atoms with E-state index in [4.69, 9.17) is 10.1 Å². The number of aromatic nitrogens is 6. The molecule has 4 aromatic heterocycles. The van der Waals surface area contributed by atoms with Crippen molar-refractivity contribution in [1.29, 1.82) is 0 Å². The highest BCUT2D eigenvalue weighted by atomic mass is 32.1. The fourth-order valence-electron chi connectivity index (χ4n) is 3.86. The van der Waals surface area contributed by atoms with E-state index in [1.165, 1.54) is 11.3 Å². The number of carboxylic acid groups (broad SMARTS) is 1. The van der Waals surface area contributed by atoms with Crippen LogP contribution in [0.15, 0.2) is 11.4 Å². The summed E-state index contributed by atoms with van der Waals surface area (Å²) in [5.41, 5.74) is 0.418. The number of carboxylic acids is 1. The van der Waals surface area contributed by atoms with Gasteiger partial charge in [-0.15, -0.1) is 32.9 Å². The predicted molar refractivity (Wildman–Crippen MR) is 120 cm³/mol. The number of aliphatic carboxylic acids is 1. The predicted octanol–water partition coefficient (Wildman–Crippen LogP) is 4.02. The van der Waals surface area contributed by atoms with Crippen molar-refractivity contribution >= 4 is 44.7 Å². The molecule has 0 aromatic carbocycles. The van der Waals surface area contributed by atoms with Crippen molar-refractivity contribution in [3.8, 4) is 10.8 Å². The zero-order valence-corrected chi connectivity index (χ0v) is 19.5. The third kappa shape index (κ3) is 4.22. The summed E-state index contributed by atoms with van der Waals surface area (Å²) in [6, 6.07) is 2.03. The molecule has 34 heavy (non-hydrogen) atoms. The van der Waals surface area contributed by atoms with Gasteiger partial charge in [-0.1, -0.05) is 13.3 Å². The van der Waals surface area contributed by atoms with Crippen LogP contribution in [0.1, 0.15) is 35.6 Å². The van der Waals surface area contributed by atoms with Crippen LogP contribution in [0.2, 0.25) is 0 Å². The van der Waals surface area contributed by atoms with Gasteiger partial charge in [0.25, 0.3) is 0 Å². The monoisotopic (exact) mass is 509 g/mol. The SMILES string of the molecule is CCCc1cc2c(N3CCn4c(nnc4C(F)(F)F)C3)nc(-c3nc(CC(=O)O)cs3)nc2s1. The minimum absolute atomic E-state index is 0.0734. The van der Waals surface area contributed by atoms with Gasteiger partial charge in [-0.2, -0.15) is 13.2 Å². The quantitative estimate of drug-likeness (QED) is 0.415. The smallest absolute Gasteiger partial charge is 0.451 e. The summed E-state index contributed by atoms with van der Waals surface area (Å²) in [6.07, 6.45) is -2.93. The van der Waals surface area contributed by atoms with Gasteiger partial charge >= 0.3 is 12.1 Å². The van der Waals surface area contributed by atoms with Crippen LogP contribution in [0.4, 0.5) is 19.0 Å². The molecule has 178 valence electrons. The van der Waals surface area contributed by atoms with Gasteiger partial charge in [-0.3, -0.25) is 4.79 Å². The number of anilines is 1. The van der Waals surface area contributed by atoms with E-state index < -0.39 is 18.0 Å². The number of rotatable bonds is 6. The Kier molecular flexibility index (Phi) is 5.72. The lowest BCUT2D eigenvalue weighted by atomic mass is 10.2. The van der Waals surface area contributed by atoms with E-state index in [2.05, 4.69) is 27.1 Å². The third-order valence-corrected chi connectivity index (χ3v) is 7.28. The summed E-state index contributed by atoms with van der Waals surface area (Å²) >= 11 is 2.80. The Morgan fingerprint density at radius 2 is 2.03 bits per heavy atom. The average Bonchev–Trinajstić information content (AvgIpc) is 3.49. The summed E-state index contributed by atoms with van der Waals surface area (Å²) in [5.74, 6) is -0.806. The number of thiophene rings is 1. The second-order valence-electron chi connectivity index (χ2n) is 7.78. The molecule has 5 heterocycles. The molecule has 4 aromatic rings. The van der Waals surface area contributed by atoms with Crippen molar-refractivity contribution in [2.24, 2.45) is 0 Å². The molecule has 0 fully saturated rings. The molecular weight excluding hydrogens is 491 g/mol. The number of nitrogens with zero attached hydrogens (tertiary/aromatic N) is 7. The number of fused-ring (bicyclic) bond motifs is 2. The average molecular weight is 510 g/mol. The second-order valence-corrected chi connectivity index (χ2v) is 9.75. The summed E-state index contributed by atoms with van der Waals surface area (Å²) in [6.45, 7) is 2.57. The molecule has 0 aliphatic carbocycles. The first kappa shape index (κ1) is 22.7. The molecule has 5 rings (SSSR count). The van der Waals surface area contributed by atoms with E-state index in [1.54, 1.807) is 16.7 Å². The topological polar surface area (TPSA) is 110 Å². The highest BCUT2D eigenvalue weighted by Gasteiger charge is 2.39. The first-order valence-corrected chi connectivity index (χ1v) is 12.1. The molecule has 0 saturated heterocycles. The summed E-state index contributed by atoms with van der Waals surface area (Å²) in [7, 11) is 0. The summed E-state index contributed by atoms with van der Waals surface area (Å²) in [4.78, 5) is 28.6. The maximum Gasteiger partial charge on any atom is 0.451 e. The van der Waals surface area contributed by atoms with Crippen LogP contribution in [0.25, 0.3) is 21.0 Å². The van der Waals surface area contributed by atoms with Crippen LogP contribution in [0, 0.1) is 0 Å². The van der Waals surface area contributed by atoms with Crippen LogP contribution in [0.5, 0.6) is 0 Å². The molecule has 0 radical (unpaired) electrons. The first-order chi connectivity index (χ1) is 16.2. The Hall–Kier alpha value is -3.13. The number of carbonyl (C=O) groups is 1. The Labute approximate surface area is 198 Å². The van der Waals surface area contributed by atoms with Crippen molar-refractivity contribution in [2.45, 2.75) is 45.5 Å².